The molecule has 0 amide bonds. The maximum Gasteiger partial charge on any atom is 0.0623 e. The molecule has 0 bridgehead atoms. The second kappa shape index (κ2) is 7.90. The number of thioether (sulfide) groups is 1. The van der Waals surface area contributed by atoms with Crippen molar-refractivity contribution in [1.82, 2.24) is 5.32 Å². The molecular formula is C9H21NOS. The molecule has 0 spiro atoms. The predicted molar refractivity (Wildman–Crippen MR) is 56.9 cm³/mol. The molecule has 0 fully saturated rings. The molecule has 0 aliphatic heterocycles. The zero-order chi connectivity index (χ0) is 9.40. The highest BCUT2D eigenvalue weighted by molar-refractivity contribution is 7.99. The van der Waals surface area contributed by atoms with Crippen molar-refractivity contribution in [2.75, 3.05) is 32.3 Å². The molecular weight excluding hydrogens is 170 g/mol. The average Bonchev–Trinajstić information content (AvgIpc) is 2.02. The molecule has 0 heterocycles. The lowest BCUT2D eigenvalue weighted by atomic mass is 10.3. The summed E-state index contributed by atoms with van der Waals surface area (Å²) >= 11 is 1.99. The molecule has 0 aromatic rings. The summed E-state index contributed by atoms with van der Waals surface area (Å²) in [6, 6.07) is 0.499. The maximum absolute atomic E-state index is 5.08. The summed E-state index contributed by atoms with van der Waals surface area (Å²) < 4.78 is 5.08. The zero-order valence-corrected chi connectivity index (χ0v) is 9.41. The monoisotopic (exact) mass is 191 g/mol. The highest BCUT2D eigenvalue weighted by Gasteiger charge is 2.05. The average molecular weight is 191 g/mol. The van der Waals surface area contributed by atoms with Crippen molar-refractivity contribution in [3.8, 4) is 0 Å². The van der Waals surface area contributed by atoms with Crippen LogP contribution >= 0.6 is 11.8 Å². The molecule has 0 radical (unpaired) electrons. The van der Waals surface area contributed by atoms with Crippen LogP contribution in [0.5, 0.6) is 0 Å². The van der Waals surface area contributed by atoms with Crippen molar-refractivity contribution in [1.29, 1.82) is 0 Å². The van der Waals surface area contributed by atoms with Crippen LogP contribution in [-0.2, 0) is 4.74 Å². The Hall–Kier alpha value is 0.270. The van der Waals surface area contributed by atoms with Crippen molar-refractivity contribution in [2.24, 2.45) is 5.92 Å². The van der Waals surface area contributed by atoms with Gasteiger partial charge in [-0.1, -0.05) is 13.8 Å². The lowest BCUT2D eigenvalue weighted by Gasteiger charge is -2.14. The number of rotatable bonds is 7. The zero-order valence-electron chi connectivity index (χ0n) is 8.59. The summed E-state index contributed by atoms with van der Waals surface area (Å²) in [4.78, 5) is 0. The Morgan fingerprint density at radius 1 is 1.33 bits per heavy atom. The van der Waals surface area contributed by atoms with Gasteiger partial charge in [0, 0.05) is 18.9 Å². The number of hydrogen-bond acceptors (Lipinski definition) is 3. The van der Waals surface area contributed by atoms with E-state index in [9.17, 15) is 0 Å². The Kier molecular flexibility index (Phi) is 8.07. The van der Waals surface area contributed by atoms with Crippen LogP contribution in [0.25, 0.3) is 0 Å². The van der Waals surface area contributed by atoms with Crippen molar-refractivity contribution in [3.05, 3.63) is 0 Å². The summed E-state index contributed by atoms with van der Waals surface area (Å²) in [5.41, 5.74) is 0. The molecule has 2 nitrogen and oxygen atoms in total. The molecule has 0 aliphatic rings. The van der Waals surface area contributed by atoms with Crippen LogP contribution in [0.15, 0.2) is 0 Å². The summed E-state index contributed by atoms with van der Waals surface area (Å²) in [7, 11) is 3.73. The van der Waals surface area contributed by atoms with Gasteiger partial charge < -0.3 is 10.1 Å². The van der Waals surface area contributed by atoms with E-state index in [1.54, 1.807) is 7.11 Å². The van der Waals surface area contributed by atoms with E-state index in [0.717, 1.165) is 18.3 Å². The van der Waals surface area contributed by atoms with Crippen molar-refractivity contribution >= 4 is 11.8 Å². The van der Waals surface area contributed by atoms with Crippen molar-refractivity contribution in [3.63, 3.8) is 0 Å². The molecule has 1 unspecified atom stereocenters. The summed E-state index contributed by atoms with van der Waals surface area (Å²) in [6.07, 6.45) is 0. The minimum atomic E-state index is 0.499. The first-order valence-corrected chi connectivity index (χ1v) is 5.60. The van der Waals surface area contributed by atoms with Gasteiger partial charge in [0.25, 0.3) is 0 Å². The Labute approximate surface area is 80.4 Å². The van der Waals surface area contributed by atoms with Gasteiger partial charge in [0.1, 0.15) is 0 Å². The van der Waals surface area contributed by atoms with Crippen LogP contribution in [0.2, 0.25) is 0 Å². The molecule has 12 heavy (non-hydrogen) atoms. The third kappa shape index (κ3) is 6.95. The molecule has 0 rings (SSSR count). The molecule has 74 valence electrons. The SMILES string of the molecule is CNC(COC)CSCC(C)C. The van der Waals surface area contributed by atoms with E-state index in [2.05, 4.69) is 19.2 Å². The van der Waals surface area contributed by atoms with Gasteiger partial charge in [0.15, 0.2) is 0 Å². The van der Waals surface area contributed by atoms with E-state index >= 15 is 0 Å². The highest BCUT2D eigenvalue weighted by atomic mass is 32.2. The standard InChI is InChI=1S/C9H21NOS/c1-8(2)6-12-7-9(10-3)5-11-4/h8-10H,5-7H2,1-4H3. The van der Waals surface area contributed by atoms with Gasteiger partial charge in [0.2, 0.25) is 0 Å². The van der Waals surface area contributed by atoms with E-state index in [1.807, 2.05) is 18.8 Å². The fourth-order valence-corrected chi connectivity index (χ4v) is 2.02. The van der Waals surface area contributed by atoms with Crippen LogP contribution < -0.4 is 5.32 Å². The molecule has 1 N–H and O–H groups in total. The van der Waals surface area contributed by atoms with Gasteiger partial charge in [-0.05, 0) is 18.7 Å². The molecule has 0 aromatic heterocycles. The predicted octanol–water partition coefficient (Wildman–Crippen LogP) is 1.61. The minimum Gasteiger partial charge on any atom is -0.383 e. The normalized spacial score (nSPS) is 13.8. The molecule has 0 saturated heterocycles. The van der Waals surface area contributed by atoms with Crippen LogP contribution in [0.1, 0.15) is 13.8 Å². The number of nitrogens with one attached hydrogen (secondary N) is 1. The van der Waals surface area contributed by atoms with Crippen molar-refractivity contribution in [2.45, 2.75) is 19.9 Å². The topological polar surface area (TPSA) is 21.3 Å². The van der Waals surface area contributed by atoms with E-state index in [-0.39, 0.29) is 0 Å². The Bertz CT molecular complexity index is 98.5. The fourth-order valence-electron chi connectivity index (χ4n) is 0.862. The number of methoxy groups -OCH3 is 1. The number of ether oxygens (including phenoxy) is 1. The molecule has 0 aliphatic carbocycles. The van der Waals surface area contributed by atoms with Crippen molar-refractivity contribution < 1.29 is 4.74 Å². The molecule has 0 saturated carbocycles. The molecule has 1 atom stereocenters. The van der Waals surface area contributed by atoms with E-state index < -0.39 is 0 Å². The summed E-state index contributed by atoms with van der Waals surface area (Å²) in [5, 5.41) is 3.23. The first-order chi connectivity index (χ1) is 5.70. The second-order valence-corrected chi connectivity index (χ2v) is 4.45. The highest BCUT2D eigenvalue weighted by Crippen LogP contribution is 2.08. The van der Waals surface area contributed by atoms with Crippen LogP contribution in [0.3, 0.4) is 0 Å². The van der Waals surface area contributed by atoms with Gasteiger partial charge in [-0.3, -0.25) is 0 Å². The lowest BCUT2D eigenvalue weighted by Crippen LogP contribution is -2.32. The Balaban J connectivity index is 3.31. The van der Waals surface area contributed by atoms with Crippen LogP contribution in [-0.4, -0.2) is 38.3 Å². The van der Waals surface area contributed by atoms with E-state index in [4.69, 9.17) is 4.74 Å². The van der Waals surface area contributed by atoms with E-state index in [1.165, 1.54) is 5.75 Å². The minimum absolute atomic E-state index is 0.499. The number of likely N-dealkylation sites (N-methyl/N-ethyl adjacent to an activating group) is 1. The van der Waals surface area contributed by atoms with Gasteiger partial charge in [-0.15, -0.1) is 0 Å². The largest absolute Gasteiger partial charge is 0.383 e. The number of hydrogen-bond donors (Lipinski definition) is 1. The third-order valence-corrected chi connectivity index (χ3v) is 3.09. The summed E-state index contributed by atoms with van der Waals surface area (Å²) in [6.45, 7) is 5.30. The first-order valence-electron chi connectivity index (χ1n) is 4.44. The van der Waals surface area contributed by atoms with Gasteiger partial charge in [0.05, 0.1) is 6.61 Å². The second-order valence-electron chi connectivity index (χ2n) is 3.37. The Morgan fingerprint density at radius 3 is 2.42 bits per heavy atom. The van der Waals surface area contributed by atoms with E-state index in [0.29, 0.717) is 6.04 Å². The smallest absolute Gasteiger partial charge is 0.0623 e. The molecule has 3 heteroatoms. The van der Waals surface area contributed by atoms with Gasteiger partial charge in [-0.2, -0.15) is 11.8 Å². The summed E-state index contributed by atoms with van der Waals surface area (Å²) in [5.74, 6) is 3.17. The van der Waals surface area contributed by atoms with Crippen LogP contribution in [0, 0.1) is 5.92 Å². The Morgan fingerprint density at radius 2 is 2.00 bits per heavy atom. The van der Waals surface area contributed by atoms with Gasteiger partial charge in [-0.25, -0.2) is 0 Å². The van der Waals surface area contributed by atoms with Crippen LogP contribution in [0.4, 0.5) is 0 Å². The first kappa shape index (κ1) is 12.3. The lowest BCUT2D eigenvalue weighted by molar-refractivity contribution is 0.177. The van der Waals surface area contributed by atoms with Gasteiger partial charge >= 0.3 is 0 Å². The third-order valence-electron chi connectivity index (χ3n) is 1.55. The quantitative estimate of drug-likeness (QED) is 0.660. The fraction of sp³-hybridized carbons (Fsp3) is 1.00. The molecule has 0 aromatic carbocycles. The maximum atomic E-state index is 5.08.